The predicted molar refractivity (Wildman–Crippen MR) is 250 cm³/mol. The molecule has 6 saturated heterocycles. The third kappa shape index (κ3) is 8.77. The molecule has 0 aromatic rings. The molecule has 2 bridgehead atoms. The van der Waals surface area contributed by atoms with Crippen LogP contribution >= 0.6 is 0 Å². The molecule has 0 aromatic carbocycles. The van der Waals surface area contributed by atoms with E-state index in [9.17, 15) is 56.2 Å². The Balaban J connectivity index is 0.919. The number of hydrogen-bond donors (Lipinski definition) is 11. The van der Waals surface area contributed by atoms with Crippen LogP contribution in [-0.4, -0.2) is 217 Å². The monoisotopic (exact) mass is 1040 g/mol. The van der Waals surface area contributed by atoms with Crippen molar-refractivity contribution in [3.05, 3.63) is 11.6 Å². The molecule has 4 aliphatic carbocycles. The summed E-state index contributed by atoms with van der Waals surface area (Å²) in [6.45, 7) is 15.9. The van der Waals surface area contributed by atoms with E-state index in [0.29, 0.717) is 25.4 Å². The summed E-state index contributed by atoms with van der Waals surface area (Å²) in [6, 6.07) is 0. The molecule has 10 fully saturated rings. The van der Waals surface area contributed by atoms with E-state index in [4.69, 9.17) is 47.4 Å². The van der Waals surface area contributed by atoms with Gasteiger partial charge in [-0.15, -0.1) is 0 Å². The summed E-state index contributed by atoms with van der Waals surface area (Å²) in [5.74, 6) is -0.230. The van der Waals surface area contributed by atoms with Gasteiger partial charge in [0.1, 0.15) is 79.4 Å². The summed E-state index contributed by atoms with van der Waals surface area (Å²) in [5.41, 5.74) is -0.717. The van der Waals surface area contributed by atoms with Crippen LogP contribution in [0.4, 0.5) is 0 Å². The number of aliphatic hydroxyl groups is 11. The SMILES string of the molecule is CC(C)=C[C@H]1CC(C)(O)C2[C@H]3CC[C@@H]4[C@@]5(C)CC[C@H](O[C@@H]6OC[C@H](O)[C@H](O[C@@H]7O[C@H](CO)[C@@H](O)[C@H](O)[C@H]7O[C@@H]7OC[C@@H](O)[C@H](O)[C@H]7O)[C@H]6O[C@@H]6O[C@@H](C)[C@H](O)[C@@H](O)[C@H]6O)C(C)(C)[C@@H]5CC[C@@]4(C)[C@@]34CO[C@@]2(C4)O1. The maximum absolute atomic E-state index is 12.3. The van der Waals surface area contributed by atoms with Gasteiger partial charge in [0.05, 0.1) is 50.3 Å². The summed E-state index contributed by atoms with van der Waals surface area (Å²) in [5, 5.41) is 121. The number of rotatable bonds is 10. The van der Waals surface area contributed by atoms with Gasteiger partial charge in [0.25, 0.3) is 0 Å². The van der Waals surface area contributed by atoms with Gasteiger partial charge >= 0.3 is 0 Å². The van der Waals surface area contributed by atoms with Gasteiger partial charge in [0.15, 0.2) is 30.9 Å². The molecule has 73 heavy (non-hydrogen) atoms. The second-order valence-electron chi connectivity index (χ2n) is 25.3. The van der Waals surface area contributed by atoms with Crippen molar-refractivity contribution in [2.45, 2.75) is 241 Å². The molecule has 6 heterocycles. The minimum Gasteiger partial charge on any atom is -0.394 e. The number of ether oxygens (including phenoxy) is 10. The van der Waals surface area contributed by atoms with Crippen LogP contribution < -0.4 is 0 Å². The summed E-state index contributed by atoms with van der Waals surface area (Å²) in [6.07, 6.45) is -20.8. The maximum Gasteiger partial charge on any atom is 0.187 e. The van der Waals surface area contributed by atoms with Gasteiger partial charge in [-0.2, -0.15) is 0 Å². The van der Waals surface area contributed by atoms with Crippen molar-refractivity contribution in [3.8, 4) is 0 Å². The van der Waals surface area contributed by atoms with Crippen molar-refractivity contribution in [1.29, 1.82) is 0 Å². The summed E-state index contributed by atoms with van der Waals surface area (Å²) >= 11 is 0. The molecule has 0 aromatic heterocycles. The zero-order chi connectivity index (χ0) is 52.7. The highest BCUT2D eigenvalue weighted by molar-refractivity contribution is 5.27. The van der Waals surface area contributed by atoms with Crippen molar-refractivity contribution in [2.75, 3.05) is 26.4 Å². The molecule has 21 heteroatoms. The first kappa shape index (κ1) is 55.2. The van der Waals surface area contributed by atoms with Gasteiger partial charge < -0.3 is 104 Å². The lowest BCUT2D eigenvalue weighted by Crippen LogP contribution is -2.68. The van der Waals surface area contributed by atoms with Crippen LogP contribution in [0.3, 0.4) is 0 Å². The van der Waals surface area contributed by atoms with E-state index in [1.165, 1.54) is 6.92 Å². The molecular formula is C52H84O21. The Morgan fingerprint density at radius 1 is 0.644 bits per heavy atom. The van der Waals surface area contributed by atoms with Crippen molar-refractivity contribution in [1.82, 2.24) is 0 Å². The van der Waals surface area contributed by atoms with Crippen LogP contribution in [-0.2, 0) is 47.4 Å². The summed E-state index contributed by atoms with van der Waals surface area (Å²) in [4.78, 5) is 0. The summed E-state index contributed by atoms with van der Waals surface area (Å²) < 4.78 is 63.4. The van der Waals surface area contributed by atoms with Crippen LogP contribution in [0, 0.1) is 45.3 Å². The fourth-order valence-electron chi connectivity index (χ4n) is 16.9. The highest BCUT2D eigenvalue weighted by atomic mass is 16.8. The predicted octanol–water partition coefficient (Wildman–Crippen LogP) is -0.542. The molecule has 29 atom stereocenters. The molecule has 2 unspecified atom stereocenters. The normalized spacial score (nSPS) is 57.5. The fourth-order valence-corrected chi connectivity index (χ4v) is 16.9. The maximum atomic E-state index is 12.3. The van der Waals surface area contributed by atoms with Crippen LogP contribution in [0.5, 0.6) is 0 Å². The Kier molecular flexibility index (Phi) is 14.8. The molecule has 2 spiro atoms. The smallest absolute Gasteiger partial charge is 0.187 e. The van der Waals surface area contributed by atoms with E-state index in [2.05, 4.69) is 47.6 Å². The lowest BCUT2D eigenvalue weighted by Gasteiger charge is -2.70. The van der Waals surface area contributed by atoms with Gasteiger partial charge in [0, 0.05) is 24.2 Å². The van der Waals surface area contributed by atoms with E-state index >= 15 is 0 Å². The first-order chi connectivity index (χ1) is 34.2. The Bertz CT molecular complexity index is 2010. The molecule has 10 rings (SSSR count). The van der Waals surface area contributed by atoms with E-state index < -0.39 is 147 Å². The highest BCUT2D eigenvalue weighted by Gasteiger charge is 2.81. The molecule has 6 aliphatic heterocycles. The molecule has 11 N–H and O–H groups in total. The lowest BCUT2D eigenvalue weighted by molar-refractivity contribution is -0.399. The largest absolute Gasteiger partial charge is 0.394 e. The molecule has 0 radical (unpaired) electrons. The molecule has 21 nitrogen and oxygen atoms in total. The van der Waals surface area contributed by atoms with Crippen LogP contribution in [0.25, 0.3) is 0 Å². The quantitative estimate of drug-likeness (QED) is 0.0967. The zero-order valence-corrected chi connectivity index (χ0v) is 43.4. The van der Waals surface area contributed by atoms with Crippen molar-refractivity contribution in [3.63, 3.8) is 0 Å². The fraction of sp³-hybridized carbons (Fsp3) is 0.962. The molecular weight excluding hydrogens is 961 g/mol. The number of fused-ring (bicyclic) bond motifs is 4. The van der Waals surface area contributed by atoms with Gasteiger partial charge in [0.2, 0.25) is 0 Å². The van der Waals surface area contributed by atoms with Crippen molar-refractivity contribution in [2.24, 2.45) is 45.3 Å². The lowest BCUT2D eigenvalue weighted by atomic mass is 9.35. The zero-order valence-electron chi connectivity index (χ0n) is 43.4. The van der Waals surface area contributed by atoms with Crippen molar-refractivity contribution >= 4 is 0 Å². The van der Waals surface area contributed by atoms with Gasteiger partial charge in [-0.05, 0) is 100 Å². The van der Waals surface area contributed by atoms with Crippen LogP contribution in [0.1, 0.15) is 107 Å². The first-order valence-electron chi connectivity index (χ1n) is 26.8. The third-order valence-corrected chi connectivity index (χ3v) is 20.4. The molecule has 10 aliphatic rings. The molecule has 0 amide bonds. The third-order valence-electron chi connectivity index (χ3n) is 20.4. The van der Waals surface area contributed by atoms with Crippen molar-refractivity contribution < 1.29 is 104 Å². The van der Waals surface area contributed by atoms with E-state index in [1.807, 2.05) is 6.92 Å². The Labute approximate surface area is 426 Å². The topological polar surface area (TPSA) is 315 Å². The van der Waals surface area contributed by atoms with Crippen LogP contribution in [0.15, 0.2) is 11.6 Å². The van der Waals surface area contributed by atoms with Gasteiger partial charge in [-0.25, -0.2) is 0 Å². The Hall–Kier alpha value is -1.10. The van der Waals surface area contributed by atoms with E-state index in [0.717, 1.165) is 44.1 Å². The second-order valence-corrected chi connectivity index (χ2v) is 25.3. The van der Waals surface area contributed by atoms with Gasteiger partial charge in [-0.3, -0.25) is 0 Å². The molecule has 418 valence electrons. The number of aliphatic hydroxyl groups excluding tert-OH is 10. The second kappa shape index (κ2) is 19.6. The van der Waals surface area contributed by atoms with E-state index in [1.54, 1.807) is 0 Å². The summed E-state index contributed by atoms with van der Waals surface area (Å²) in [7, 11) is 0. The molecule has 4 saturated carbocycles. The highest BCUT2D eigenvalue weighted by Crippen LogP contribution is 2.80. The standard InChI is InChI=1S/C52H84O21/c1-22(2)15-24-16-50(8,63)42-25-9-10-30-48(6)13-12-31(47(4,5)29(48)11-14-49(30,7)51(25)20-52(42,73-24)66-21-51)69-45-41(72-44-38(62)35(59)32(56)23(3)67-44)39(27(55)19-65-45)70-46-40(36(60)34(58)28(17-53)68-46)71-43-37(61)33(57)26(54)18-64-43/h15,23-46,53-63H,9-14,16-21H2,1-8H3/t23-,24-,25+,26+,27-,28+,29-,30+,31-,32-,33-,34+,35+,36-,37+,38+,39-,40+,41+,42?,43-,44-,45-,46-,48-,49+,50?,51-,52-/m0/s1. The Morgan fingerprint density at radius 2 is 1.32 bits per heavy atom. The number of hydrogen-bond acceptors (Lipinski definition) is 21. The van der Waals surface area contributed by atoms with E-state index in [-0.39, 0.29) is 46.7 Å². The minimum atomic E-state index is -1.87. The Morgan fingerprint density at radius 3 is 2.03 bits per heavy atom. The van der Waals surface area contributed by atoms with Crippen LogP contribution in [0.2, 0.25) is 0 Å². The minimum absolute atomic E-state index is 0.108. The average Bonchev–Trinajstić information content (AvgIpc) is 3.85. The van der Waals surface area contributed by atoms with Gasteiger partial charge in [-0.1, -0.05) is 39.3 Å². The average molecular weight is 1050 g/mol. The number of allylic oxidation sites excluding steroid dienone is 1. The first-order valence-corrected chi connectivity index (χ1v) is 26.8.